The van der Waals surface area contributed by atoms with Gasteiger partial charge in [0.1, 0.15) is 11.5 Å². The molecule has 2 rings (SSSR count). The zero-order chi connectivity index (χ0) is 13.1. The van der Waals surface area contributed by atoms with Crippen LogP contribution in [0.2, 0.25) is 0 Å². The van der Waals surface area contributed by atoms with Crippen molar-refractivity contribution < 1.29 is 14.6 Å². The first-order valence-electron chi connectivity index (χ1n) is 5.59. The number of hydrogen-bond donors (Lipinski definition) is 1. The number of aldehydes is 1. The van der Waals surface area contributed by atoms with Crippen molar-refractivity contribution in [3.63, 3.8) is 0 Å². The van der Waals surface area contributed by atoms with E-state index in [9.17, 15) is 9.90 Å². The Bertz CT molecular complexity index is 588. The van der Waals surface area contributed by atoms with Crippen LogP contribution in [0.4, 0.5) is 0 Å². The summed E-state index contributed by atoms with van der Waals surface area (Å²) in [5, 5.41) is 9.67. The summed E-state index contributed by atoms with van der Waals surface area (Å²) in [6, 6.07) is 10.8. The molecule has 2 aromatic rings. The lowest BCUT2D eigenvalue weighted by Gasteiger charge is -2.08. The number of phenols is 1. The number of aromatic hydroxyl groups is 1. The van der Waals surface area contributed by atoms with Crippen molar-refractivity contribution in [3.05, 3.63) is 47.5 Å². The minimum absolute atomic E-state index is 0.00373. The molecule has 92 valence electrons. The summed E-state index contributed by atoms with van der Waals surface area (Å²) >= 11 is 0. The van der Waals surface area contributed by atoms with Gasteiger partial charge in [-0.3, -0.25) is 4.79 Å². The maximum absolute atomic E-state index is 10.6. The van der Waals surface area contributed by atoms with Gasteiger partial charge < -0.3 is 9.84 Å². The normalized spacial score (nSPS) is 10.1. The molecule has 3 heteroatoms. The average molecular weight is 242 g/mol. The van der Waals surface area contributed by atoms with Crippen LogP contribution in [0.15, 0.2) is 36.4 Å². The van der Waals surface area contributed by atoms with Gasteiger partial charge in [-0.1, -0.05) is 12.1 Å². The van der Waals surface area contributed by atoms with Gasteiger partial charge in [-0.25, -0.2) is 0 Å². The quantitative estimate of drug-likeness (QED) is 0.841. The van der Waals surface area contributed by atoms with Crippen LogP contribution in [-0.2, 0) is 0 Å². The van der Waals surface area contributed by atoms with Crippen molar-refractivity contribution in [1.82, 2.24) is 0 Å². The first-order chi connectivity index (χ1) is 8.65. The monoisotopic (exact) mass is 242 g/mol. The lowest BCUT2D eigenvalue weighted by molar-refractivity contribution is 0.112. The van der Waals surface area contributed by atoms with E-state index in [-0.39, 0.29) is 5.75 Å². The highest BCUT2D eigenvalue weighted by atomic mass is 16.5. The van der Waals surface area contributed by atoms with Crippen LogP contribution in [0.1, 0.15) is 15.9 Å². The van der Waals surface area contributed by atoms with Crippen molar-refractivity contribution in [2.75, 3.05) is 7.11 Å². The molecule has 0 spiro atoms. The highest BCUT2D eigenvalue weighted by molar-refractivity contribution is 5.81. The Kier molecular flexibility index (Phi) is 3.33. The topological polar surface area (TPSA) is 46.5 Å². The van der Waals surface area contributed by atoms with Gasteiger partial charge in [0, 0.05) is 0 Å². The summed E-state index contributed by atoms with van der Waals surface area (Å²) in [6.07, 6.45) is 0.637. The third-order valence-corrected chi connectivity index (χ3v) is 2.89. The van der Waals surface area contributed by atoms with E-state index in [1.165, 1.54) is 0 Å². The van der Waals surface area contributed by atoms with E-state index >= 15 is 0 Å². The number of aryl methyl sites for hydroxylation is 1. The highest BCUT2D eigenvalue weighted by Crippen LogP contribution is 2.29. The van der Waals surface area contributed by atoms with Gasteiger partial charge in [-0.15, -0.1) is 0 Å². The molecule has 0 amide bonds. The van der Waals surface area contributed by atoms with E-state index in [2.05, 4.69) is 0 Å². The number of rotatable bonds is 3. The van der Waals surface area contributed by atoms with E-state index in [0.29, 0.717) is 11.8 Å². The first kappa shape index (κ1) is 12.2. The third kappa shape index (κ3) is 2.20. The number of ether oxygens (including phenoxy) is 1. The van der Waals surface area contributed by atoms with Gasteiger partial charge in [-0.05, 0) is 47.9 Å². The second-order valence-corrected chi connectivity index (χ2v) is 4.08. The van der Waals surface area contributed by atoms with E-state index in [0.717, 1.165) is 22.4 Å². The number of methoxy groups -OCH3 is 1. The molecule has 0 aliphatic rings. The van der Waals surface area contributed by atoms with E-state index in [1.807, 2.05) is 31.2 Å². The zero-order valence-corrected chi connectivity index (χ0v) is 10.3. The van der Waals surface area contributed by atoms with Crippen molar-refractivity contribution in [3.8, 4) is 22.6 Å². The molecule has 0 unspecified atom stereocenters. The van der Waals surface area contributed by atoms with Gasteiger partial charge in [0.15, 0.2) is 6.29 Å². The second kappa shape index (κ2) is 4.92. The number of carbonyl (C=O) groups excluding carboxylic acids is 1. The smallest absolute Gasteiger partial charge is 0.153 e. The Morgan fingerprint density at radius 3 is 2.33 bits per heavy atom. The summed E-state index contributed by atoms with van der Waals surface area (Å²) in [7, 11) is 1.63. The Morgan fingerprint density at radius 1 is 1.11 bits per heavy atom. The number of phenolic OH excluding ortho intramolecular Hbond substituents is 1. The Labute approximate surface area is 106 Å². The number of hydrogen-bond acceptors (Lipinski definition) is 3. The molecule has 0 heterocycles. The highest BCUT2D eigenvalue weighted by Gasteiger charge is 2.05. The van der Waals surface area contributed by atoms with Gasteiger partial charge in [0.2, 0.25) is 0 Å². The second-order valence-electron chi connectivity index (χ2n) is 4.08. The van der Waals surface area contributed by atoms with Crippen LogP contribution in [-0.4, -0.2) is 18.5 Å². The minimum atomic E-state index is -0.00373. The Hall–Kier alpha value is -2.29. The van der Waals surface area contributed by atoms with Crippen LogP contribution in [0.5, 0.6) is 11.5 Å². The van der Waals surface area contributed by atoms with Gasteiger partial charge in [0.05, 0.1) is 12.7 Å². The number of benzene rings is 2. The molecule has 0 fully saturated rings. The maximum atomic E-state index is 10.6. The fraction of sp³-hybridized carbons (Fsp3) is 0.133. The molecule has 0 aromatic heterocycles. The molecule has 0 radical (unpaired) electrons. The SMILES string of the molecule is COc1ccc(-c2ccc(C=O)c(O)c2)cc1C. The van der Waals surface area contributed by atoms with E-state index in [1.54, 1.807) is 19.2 Å². The third-order valence-electron chi connectivity index (χ3n) is 2.89. The van der Waals surface area contributed by atoms with Crippen LogP contribution >= 0.6 is 0 Å². The van der Waals surface area contributed by atoms with E-state index < -0.39 is 0 Å². The summed E-state index contributed by atoms with van der Waals surface area (Å²) in [6.45, 7) is 1.96. The molecule has 0 aliphatic heterocycles. The maximum Gasteiger partial charge on any atom is 0.153 e. The van der Waals surface area contributed by atoms with E-state index in [4.69, 9.17) is 4.74 Å². The predicted octanol–water partition coefficient (Wildman–Crippen LogP) is 3.19. The predicted molar refractivity (Wildman–Crippen MR) is 70.2 cm³/mol. The Balaban J connectivity index is 2.45. The van der Waals surface area contributed by atoms with Crippen molar-refractivity contribution in [1.29, 1.82) is 0 Å². The summed E-state index contributed by atoms with van der Waals surface area (Å²) in [4.78, 5) is 10.6. The molecule has 1 N–H and O–H groups in total. The molecule has 0 aliphatic carbocycles. The summed E-state index contributed by atoms with van der Waals surface area (Å²) in [5.74, 6) is 0.823. The standard InChI is InChI=1S/C15H14O3/c1-10-7-11(5-6-15(10)18-2)12-3-4-13(9-16)14(17)8-12/h3-9,17H,1-2H3. The summed E-state index contributed by atoms with van der Waals surface area (Å²) in [5.41, 5.74) is 3.16. The fourth-order valence-electron chi connectivity index (χ4n) is 1.88. The van der Waals surface area contributed by atoms with Crippen molar-refractivity contribution in [2.24, 2.45) is 0 Å². The molecule has 0 saturated carbocycles. The average Bonchev–Trinajstić information content (AvgIpc) is 2.38. The van der Waals surface area contributed by atoms with Crippen LogP contribution in [0.3, 0.4) is 0 Å². The molecule has 0 bridgehead atoms. The molecule has 0 saturated heterocycles. The van der Waals surface area contributed by atoms with Crippen molar-refractivity contribution >= 4 is 6.29 Å². The van der Waals surface area contributed by atoms with Gasteiger partial charge in [-0.2, -0.15) is 0 Å². The molecular weight excluding hydrogens is 228 g/mol. The van der Waals surface area contributed by atoms with Gasteiger partial charge in [0.25, 0.3) is 0 Å². The van der Waals surface area contributed by atoms with Crippen LogP contribution in [0, 0.1) is 6.92 Å². The lowest BCUT2D eigenvalue weighted by Crippen LogP contribution is -1.88. The summed E-state index contributed by atoms with van der Waals surface area (Å²) < 4.78 is 5.20. The first-order valence-corrected chi connectivity index (χ1v) is 5.59. The lowest BCUT2D eigenvalue weighted by atomic mass is 10.0. The number of carbonyl (C=O) groups is 1. The Morgan fingerprint density at radius 2 is 1.78 bits per heavy atom. The molecule has 2 aromatic carbocycles. The molecule has 3 nitrogen and oxygen atoms in total. The van der Waals surface area contributed by atoms with Crippen molar-refractivity contribution in [2.45, 2.75) is 6.92 Å². The largest absolute Gasteiger partial charge is 0.507 e. The minimum Gasteiger partial charge on any atom is -0.507 e. The molecule has 0 atom stereocenters. The van der Waals surface area contributed by atoms with Crippen LogP contribution < -0.4 is 4.74 Å². The zero-order valence-electron chi connectivity index (χ0n) is 10.3. The van der Waals surface area contributed by atoms with Gasteiger partial charge >= 0.3 is 0 Å². The van der Waals surface area contributed by atoms with Crippen LogP contribution in [0.25, 0.3) is 11.1 Å². The fourth-order valence-corrected chi connectivity index (χ4v) is 1.88. The molecule has 18 heavy (non-hydrogen) atoms. The molecular formula is C15H14O3.